The summed E-state index contributed by atoms with van der Waals surface area (Å²) in [7, 11) is 0. The topological polar surface area (TPSA) is 63.9 Å². The van der Waals surface area contributed by atoms with Crippen molar-refractivity contribution in [1.82, 2.24) is 4.90 Å². The first kappa shape index (κ1) is 12.4. The Labute approximate surface area is 90.1 Å². The van der Waals surface area contributed by atoms with Gasteiger partial charge in [-0.2, -0.15) is 0 Å². The van der Waals surface area contributed by atoms with E-state index in [1.807, 2.05) is 24.0 Å². The maximum Gasteiger partial charge on any atom is 0.109 e. The molecule has 4 heteroatoms. The predicted octanol–water partition coefficient (Wildman–Crippen LogP) is -0.485. The van der Waals surface area contributed by atoms with Gasteiger partial charge in [0.15, 0.2) is 0 Å². The van der Waals surface area contributed by atoms with Crippen molar-refractivity contribution in [2.75, 3.05) is 13.1 Å². The van der Waals surface area contributed by atoms with Gasteiger partial charge in [-0.25, -0.2) is 0 Å². The molecule has 0 saturated carbocycles. The quantitative estimate of drug-likeness (QED) is 0.554. The minimum Gasteiger partial charge on any atom is -0.389 e. The standard InChI is InChI=1S/C11H19NO3/c1-3-5-8-10(14)11(15)9(13)7-12(8)6-4-2/h3-5,8-11,13-15H,2,6-7H2,1H3/b5-3+/t8-,9+,10+,11+/m0/s1. The van der Waals surface area contributed by atoms with Crippen LogP contribution >= 0.6 is 0 Å². The molecule has 1 aliphatic heterocycles. The first-order valence-electron chi connectivity index (χ1n) is 5.13. The molecule has 86 valence electrons. The molecule has 1 saturated heterocycles. The first-order valence-corrected chi connectivity index (χ1v) is 5.13. The monoisotopic (exact) mass is 213 g/mol. The zero-order valence-corrected chi connectivity index (χ0v) is 8.95. The van der Waals surface area contributed by atoms with Gasteiger partial charge in [-0.1, -0.05) is 18.2 Å². The van der Waals surface area contributed by atoms with Crippen LogP contribution in [-0.2, 0) is 0 Å². The molecule has 0 unspecified atom stereocenters. The van der Waals surface area contributed by atoms with Crippen molar-refractivity contribution >= 4 is 0 Å². The Morgan fingerprint density at radius 1 is 1.33 bits per heavy atom. The second-order valence-corrected chi connectivity index (χ2v) is 3.81. The fourth-order valence-corrected chi connectivity index (χ4v) is 1.91. The minimum absolute atomic E-state index is 0.258. The number of nitrogens with zero attached hydrogens (tertiary/aromatic N) is 1. The molecule has 0 aromatic rings. The second-order valence-electron chi connectivity index (χ2n) is 3.81. The van der Waals surface area contributed by atoms with Crippen molar-refractivity contribution in [1.29, 1.82) is 0 Å². The number of aliphatic hydroxyl groups excluding tert-OH is 3. The van der Waals surface area contributed by atoms with E-state index in [9.17, 15) is 15.3 Å². The van der Waals surface area contributed by atoms with Gasteiger partial charge < -0.3 is 15.3 Å². The normalized spacial score (nSPS) is 38.4. The summed E-state index contributed by atoms with van der Waals surface area (Å²) in [5.41, 5.74) is 0. The molecule has 1 aliphatic rings. The highest BCUT2D eigenvalue weighted by Gasteiger charge is 2.39. The Hall–Kier alpha value is -0.680. The first-order chi connectivity index (χ1) is 7.11. The highest BCUT2D eigenvalue weighted by Crippen LogP contribution is 2.19. The average Bonchev–Trinajstić information content (AvgIpc) is 2.21. The lowest BCUT2D eigenvalue weighted by Crippen LogP contribution is -2.60. The van der Waals surface area contributed by atoms with Crippen molar-refractivity contribution in [2.24, 2.45) is 0 Å². The molecule has 1 rings (SSSR count). The number of aliphatic hydroxyl groups is 3. The second kappa shape index (κ2) is 5.42. The number of piperidine rings is 1. The van der Waals surface area contributed by atoms with Crippen LogP contribution in [0.25, 0.3) is 0 Å². The van der Waals surface area contributed by atoms with E-state index < -0.39 is 18.3 Å². The largest absolute Gasteiger partial charge is 0.389 e. The van der Waals surface area contributed by atoms with Gasteiger partial charge in [0, 0.05) is 13.1 Å². The van der Waals surface area contributed by atoms with Gasteiger partial charge in [0.05, 0.1) is 12.1 Å². The van der Waals surface area contributed by atoms with Gasteiger partial charge in [0.2, 0.25) is 0 Å². The maximum absolute atomic E-state index is 9.80. The number of hydrogen-bond acceptors (Lipinski definition) is 4. The minimum atomic E-state index is -1.08. The Morgan fingerprint density at radius 3 is 2.53 bits per heavy atom. The highest BCUT2D eigenvalue weighted by molar-refractivity contribution is 5.05. The van der Waals surface area contributed by atoms with Gasteiger partial charge in [0.25, 0.3) is 0 Å². The zero-order valence-electron chi connectivity index (χ0n) is 8.95. The summed E-state index contributed by atoms with van der Waals surface area (Å²) in [6.07, 6.45) is 2.43. The van der Waals surface area contributed by atoms with Gasteiger partial charge in [-0.15, -0.1) is 6.58 Å². The third-order valence-corrected chi connectivity index (χ3v) is 2.69. The van der Waals surface area contributed by atoms with Crippen LogP contribution in [0.2, 0.25) is 0 Å². The van der Waals surface area contributed by atoms with E-state index in [1.165, 1.54) is 0 Å². The molecule has 0 aromatic heterocycles. The summed E-state index contributed by atoms with van der Waals surface area (Å²) in [5.74, 6) is 0. The molecule has 0 bridgehead atoms. The third kappa shape index (κ3) is 2.66. The van der Waals surface area contributed by atoms with Crippen LogP contribution in [0.4, 0.5) is 0 Å². The zero-order chi connectivity index (χ0) is 11.4. The summed E-state index contributed by atoms with van der Waals surface area (Å²) >= 11 is 0. The fourth-order valence-electron chi connectivity index (χ4n) is 1.91. The Morgan fingerprint density at radius 2 is 2.00 bits per heavy atom. The predicted molar refractivity (Wildman–Crippen MR) is 58.4 cm³/mol. The number of β-amino-alcohol motifs (C(OH)–C–C–N with tert-alkyl or cyclic N) is 1. The SMILES string of the molecule is C=CCN1C[C@@H](O)[C@@H](O)[C@H](O)[C@@H]1/C=C/C. The Balaban J connectivity index is 2.80. The molecule has 0 radical (unpaired) electrons. The lowest BCUT2D eigenvalue weighted by Gasteiger charge is -2.42. The molecular formula is C11H19NO3. The molecule has 0 amide bonds. The van der Waals surface area contributed by atoms with E-state index in [0.717, 1.165) is 0 Å². The van der Waals surface area contributed by atoms with Crippen molar-refractivity contribution in [3.63, 3.8) is 0 Å². The van der Waals surface area contributed by atoms with Crippen LogP contribution in [-0.4, -0.2) is 57.7 Å². The summed E-state index contributed by atoms with van der Waals surface area (Å²) in [6, 6.07) is -0.258. The summed E-state index contributed by atoms with van der Waals surface area (Å²) in [4.78, 5) is 1.88. The van der Waals surface area contributed by atoms with Crippen molar-refractivity contribution in [3.8, 4) is 0 Å². The lowest BCUT2D eigenvalue weighted by atomic mass is 9.93. The van der Waals surface area contributed by atoms with Crippen LogP contribution in [0.15, 0.2) is 24.8 Å². The van der Waals surface area contributed by atoms with E-state index in [1.54, 1.807) is 6.08 Å². The summed E-state index contributed by atoms with van der Waals surface area (Å²) < 4.78 is 0. The molecule has 0 aromatic carbocycles. The summed E-state index contributed by atoms with van der Waals surface area (Å²) in [5, 5.41) is 28.9. The Kier molecular flexibility index (Phi) is 4.47. The van der Waals surface area contributed by atoms with Crippen LogP contribution in [0.3, 0.4) is 0 Å². The third-order valence-electron chi connectivity index (χ3n) is 2.69. The average molecular weight is 213 g/mol. The number of allylic oxidation sites excluding steroid dienone is 1. The van der Waals surface area contributed by atoms with Crippen molar-refractivity contribution < 1.29 is 15.3 Å². The van der Waals surface area contributed by atoms with Crippen molar-refractivity contribution in [2.45, 2.75) is 31.3 Å². The highest BCUT2D eigenvalue weighted by atomic mass is 16.4. The fraction of sp³-hybridized carbons (Fsp3) is 0.636. The smallest absolute Gasteiger partial charge is 0.109 e. The van der Waals surface area contributed by atoms with Gasteiger partial charge in [0.1, 0.15) is 12.2 Å². The molecule has 0 aliphatic carbocycles. The molecule has 4 atom stereocenters. The van der Waals surface area contributed by atoms with Crippen LogP contribution in [0, 0.1) is 0 Å². The number of rotatable bonds is 3. The molecular weight excluding hydrogens is 194 g/mol. The van der Waals surface area contributed by atoms with Gasteiger partial charge in [-0.05, 0) is 6.92 Å². The van der Waals surface area contributed by atoms with Crippen LogP contribution in [0.1, 0.15) is 6.92 Å². The maximum atomic E-state index is 9.80. The Bertz CT molecular complexity index is 242. The molecule has 4 nitrogen and oxygen atoms in total. The molecule has 0 spiro atoms. The summed E-state index contributed by atoms with van der Waals surface area (Å²) in [6.45, 7) is 6.41. The molecule has 1 fully saturated rings. The van der Waals surface area contributed by atoms with Crippen LogP contribution < -0.4 is 0 Å². The van der Waals surface area contributed by atoms with Gasteiger partial charge in [-0.3, -0.25) is 4.90 Å². The van der Waals surface area contributed by atoms with E-state index in [-0.39, 0.29) is 6.04 Å². The van der Waals surface area contributed by atoms with E-state index >= 15 is 0 Å². The van der Waals surface area contributed by atoms with E-state index in [0.29, 0.717) is 13.1 Å². The molecule has 15 heavy (non-hydrogen) atoms. The lowest BCUT2D eigenvalue weighted by molar-refractivity contribution is -0.124. The van der Waals surface area contributed by atoms with E-state index in [2.05, 4.69) is 6.58 Å². The molecule has 1 heterocycles. The van der Waals surface area contributed by atoms with Gasteiger partial charge >= 0.3 is 0 Å². The van der Waals surface area contributed by atoms with Crippen LogP contribution in [0.5, 0.6) is 0 Å². The number of hydrogen-bond donors (Lipinski definition) is 3. The van der Waals surface area contributed by atoms with E-state index in [4.69, 9.17) is 0 Å². The van der Waals surface area contributed by atoms with Crippen molar-refractivity contribution in [3.05, 3.63) is 24.8 Å². The number of likely N-dealkylation sites (tertiary alicyclic amines) is 1. The molecule has 3 N–H and O–H groups in total.